The third-order valence-corrected chi connectivity index (χ3v) is 10.5. The molecule has 4 aromatic rings. The molecule has 2 aliphatic heterocycles. The van der Waals surface area contributed by atoms with E-state index in [0.717, 1.165) is 22.8 Å². The van der Waals surface area contributed by atoms with Crippen LogP contribution in [0.5, 0.6) is 11.5 Å². The van der Waals surface area contributed by atoms with E-state index in [1.54, 1.807) is 6.07 Å². The minimum absolute atomic E-state index is 0. The number of nitrogens with one attached hydrogen (secondary N) is 1. The number of oxime groups is 1. The van der Waals surface area contributed by atoms with E-state index < -0.39 is 29.2 Å². The van der Waals surface area contributed by atoms with Gasteiger partial charge < -0.3 is 59.7 Å². The van der Waals surface area contributed by atoms with E-state index in [9.17, 15) is 29.7 Å². The molecule has 1 saturated heterocycles. The molecule has 5 heterocycles. The number of hydrogen-bond donors (Lipinski definition) is 5. The molecule has 0 spiro atoms. The topological polar surface area (TPSA) is 218 Å². The molecule has 3 aromatic heterocycles. The second-order valence-corrected chi connectivity index (χ2v) is 13.5. The number of amides is 2. The summed E-state index contributed by atoms with van der Waals surface area (Å²) in [6, 6.07) is 8.61. The van der Waals surface area contributed by atoms with E-state index in [1.165, 1.54) is 52.0 Å². The predicted molar refractivity (Wildman–Crippen MR) is 176 cm³/mol. The third-order valence-electron chi connectivity index (χ3n) is 7.35. The van der Waals surface area contributed by atoms with Crippen LogP contribution < -0.4 is 39.6 Å². The number of benzene rings is 1. The smallest absolute Gasteiger partial charge is 0.352 e. The first-order chi connectivity index (χ1) is 23.1. The number of aryl methyl sites for hydroxylation is 1. The van der Waals surface area contributed by atoms with Crippen LogP contribution in [0.2, 0.25) is 0 Å². The molecule has 0 aliphatic carbocycles. The molecule has 49 heavy (non-hydrogen) atoms. The number of nitrogens with zero attached hydrogens (tertiary/aromatic N) is 5. The first-order valence-corrected chi connectivity index (χ1v) is 17.3. The van der Waals surface area contributed by atoms with Gasteiger partial charge in [0.1, 0.15) is 35.0 Å². The van der Waals surface area contributed by atoms with Gasteiger partial charge >= 0.3 is 5.97 Å². The van der Waals surface area contributed by atoms with Crippen LogP contribution in [0, 0.1) is 0 Å². The molecule has 0 saturated carbocycles. The monoisotopic (exact) mass is 837 g/mol. The number of β-lactam (4-membered cyclic amide) rings is 1. The molecule has 2 atom stereocenters. The molecule has 256 valence electrons. The number of nitrogen functional groups attached to an aromatic ring is 1. The predicted octanol–water partition coefficient (Wildman–Crippen LogP) is -0.445. The fourth-order valence-corrected chi connectivity index (χ4v) is 7.80. The normalized spacial score (nSPS) is 17.2. The number of phenolic OH excluding ortho intramolecular Hbond substituents is 2. The van der Waals surface area contributed by atoms with Crippen molar-refractivity contribution in [2.45, 2.75) is 36.4 Å². The summed E-state index contributed by atoms with van der Waals surface area (Å²) >= 11 is 3.93. The molecule has 6 N–H and O–H groups in total. The summed E-state index contributed by atoms with van der Waals surface area (Å²) in [6.07, 6.45) is 3.90. The van der Waals surface area contributed by atoms with Gasteiger partial charge in [0.25, 0.3) is 11.8 Å². The minimum atomic E-state index is -1.21. The van der Waals surface area contributed by atoms with Gasteiger partial charge in [0.05, 0.1) is 0 Å². The lowest BCUT2D eigenvalue weighted by Crippen LogP contribution is -3.00. The number of aliphatic carboxylic acids is 1. The largest absolute Gasteiger partial charge is 1.00 e. The number of anilines is 1. The Morgan fingerprint density at radius 3 is 2.67 bits per heavy atom. The number of carbonyl (C=O) groups excluding carboxylic acids is 2. The number of carboxylic acids is 1. The van der Waals surface area contributed by atoms with Crippen molar-refractivity contribution >= 4 is 63.5 Å². The highest BCUT2D eigenvalue weighted by atomic mass is 127. The SMILES string of the molecule is CC[n+]1ccc(SCC2=C(C(=O)O)N3C(=O)[C@@H](NC(=O)/C(=N\OCc4cc(-c5ccc(O)c(O)c5)no4)c4csc(N)n4)[C@H]3SC2)cc1.[I-]. The number of thioether (sulfide) groups is 2. The molecule has 0 radical (unpaired) electrons. The van der Waals surface area contributed by atoms with Crippen LogP contribution in [-0.4, -0.2) is 76.8 Å². The Morgan fingerprint density at radius 2 is 2.00 bits per heavy atom. The van der Waals surface area contributed by atoms with Crippen LogP contribution in [0.25, 0.3) is 11.3 Å². The van der Waals surface area contributed by atoms with Crippen LogP contribution in [0.1, 0.15) is 18.4 Å². The summed E-state index contributed by atoms with van der Waals surface area (Å²) in [7, 11) is 0. The number of rotatable bonds is 12. The van der Waals surface area contributed by atoms with Gasteiger partial charge in [-0.2, -0.15) is 0 Å². The Morgan fingerprint density at radius 1 is 1.22 bits per heavy atom. The number of hydrogen-bond acceptors (Lipinski definition) is 14. The first-order valence-electron chi connectivity index (χ1n) is 14.3. The molecule has 2 aliphatic rings. The molecule has 2 amide bonds. The average molecular weight is 838 g/mol. The van der Waals surface area contributed by atoms with Gasteiger partial charge in [0, 0.05) is 45.5 Å². The van der Waals surface area contributed by atoms with Gasteiger partial charge in [-0.3, -0.25) is 14.5 Å². The third kappa shape index (κ3) is 7.78. The lowest BCUT2D eigenvalue weighted by molar-refractivity contribution is -0.693. The van der Waals surface area contributed by atoms with Crippen molar-refractivity contribution in [2.24, 2.45) is 5.16 Å². The second-order valence-electron chi connectivity index (χ2n) is 10.4. The van der Waals surface area contributed by atoms with Crippen LogP contribution in [0.4, 0.5) is 5.13 Å². The number of carbonyl (C=O) groups is 3. The van der Waals surface area contributed by atoms with Gasteiger partial charge in [0.15, 0.2) is 47.1 Å². The van der Waals surface area contributed by atoms with E-state index in [2.05, 4.69) is 20.6 Å². The van der Waals surface area contributed by atoms with Crippen LogP contribution >= 0.6 is 34.9 Å². The van der Waals surface area contributed by atoms with Crippen molar-refractivity contribution in [1.29, 1.82) is 0 Å². The van der Waals surface area contributed by atoms with Crippen molar-refractivity contribution in [3.8, 4) is 22.8 Å². The summed E-state index contributed by atoms with van der Waals surface area (Å²) in [5.41, 5.74) is 7.04. The average Bonchev–Trinajstić information content (AvgIpc) is 3.74. The summed E-state index contributed by atoms with van der Waals surface area (Å²) in [6.45, 7) is 2.63. The van der Waals surface area contributed by atoms with Crippen LogP contribution in [-0.2, 0) is 32.4 Å². The molecule has 0 bridgehead atoms. The summed E-state index contributed by atoms with van der Waals surface area (Å²) < 4.78 is 7.28. The Balaban J connectivity index is 0.00000468. The van der Waals surface area contributed by atoms with Crippen molar-refractivity contribution in [3.63, 3.8) is 0 Å². The van der Waals surface area contributed by atoms with Gasteiger partial charge in [-0.1, -0.05) is 10.3 Å². The van der Waals surface area contributed by atoms with E-state index in [1.807, 2.05) is 36.0 Å². The van der Waals surface area contributed by atoms with E-state index in [0.29, 0.717) is 28.3 Å². The van der Waals surface area contributed by atoms with Crippen molar-refractivity contribution in [3.05, 3.63) is 76.9 Å². The molecule has 15 nitrogen and oxygen atoms in total. The maximum atomic E-state index is 13.5. The highest BCUT2D eigenvalue weighted by molar-refractivity contribution is 8.01. The number of aromatic hydroxyl groups is 2. The van der Waals surface area contributed by atoms with Gasteiger partial charge in [-0.15, -0.1) is 34.9 Å². The summed E-state index contributed by atoms with van der Waals surface area (Å²) in [4.78, 5) is 50.8. The number of nitrogens with two attached hydrogens (primary N) is 1. The number of carboxylic acid groups (broad SMARTS) is 1. The zero-order valence-electron chi connectivity index (χ0n) is 25.5. The summed E-state index contributed by atoms with van der Waals surface area (Å²) in [5, 5.41) is 41.0. The number of phenols is 2. The van der Waals surface area contributed by atoms with Crippen molar-refractivity contribution in [2.75, 3.05) is 17.2 Å². The quantitative estimate of drug-likeness (QED) is 0.0233. The number of pyridine rings is 1. The van der Waals surface area contributed by atoms with E-state index >= 15 is 0 Å². The number of fused-ring (bicyclic) bond motifs is 1. The summed E-state index contributed by atoms with van der Waals surface area (Å²) in [5.74, 6) is -2.15. The molecule has 1 fully saturated rings. The van der Waals surface area contributed by atoms with Gasteiger partial charge in [-0.05, 0) is 30.7 Å². The Labute approximate surface area is 308 Å². The van der Waals surface area contributed by atoms with Crippen LogP contribution in [0.3, 0.4) is 0 Å². The number of halogens is 1. The highest BCUT2D eigenvalue weighted by Crippen LogP contribution is 2.41. The Bertz CT molecular complexity index is 1950. The maximum Gasteiger partial charge on any atom is 0.352 e. The number of aromatic nitrogens is 3. The number of thiazole rings is 1. The maximum absolute atomic E-state index is 13.5. The molecular formula is C30H28IN7O8S3. The molecule has 1 aromatic carbocycles. The Hall–Kier alpha value is -4.34. The first kappa shape index (κ1) is 36.0. The fourth-order valence-electron chi connectivity index (χ4n) is 4.89. The lowest BCUT2D eigenvalue weighted by Gasteiger charge is -2.49. The van der Waals surface area contributed by atoms with Gasteiger partial charge in [-0.25, -0.2) is 14.3 Å². The minimum Gasteiger partial charge on any atom is -1.00 e. The second kappa shape index (κ2) is 15.5. The molecular weight excluding hydrogens is 809 g/mol. The fraction of sp³-hybridized carbons (Fsp3) is 0.233. The molecule has 19 heteroatoms. The van der Waals surface area contributed by atoms with Crippen molar-refractivity contribution < 1.29 is 67.6 Å². The van der Waals surface area contributed by atoms with E-state index in [-0.39, 0.29) is 70.1 Å². The van der Waals surface area contributed by atoms with Crippen molar-refractivity contribution in [1.82, 2.24) is 20.4 Å². The van der Waals surface area contributed by atoms with Gasteiger partial charge in [0.2, 0.25) is 0 Å². The zero-order valence-corrected chi connectivity index (χ0v) is 30.1. The molecule has 6 rings (SSSR count). The van der Waals surface area contributed by atoms with E-state index in [4.69, 9.17) is 15.1 Å². The zero-order chi connectivity index (χ0) is 33.9. The van der Waals surface area contributed by atoms with Crippen LogP contribution in [0.15, 0.2) is 80.0 Å². The standard InChI is InChI=1S/C30H27N7O8S3.HI/c1-2-36-7-5-18(6-8-36)46-12-16-13-47-28-24(27(41)37(28)25(16)29(42)43)33-26(40)23(20-14-48-30(31)32-20)35-44-11-17-10-19(34-45-17)15-3-4-21(38)22(39)9-15;/h3-10,14,24,28H,2,11-13H2,1H3,(H5-,31,32,33,34,35,38,39,40,42,43);1H/t24-,28-;/m1./s1. The molecule has 0 unspecified atom stereocenters. The lowest BCUT2D eigenvalue weighted by atomic mass is 10.0. The highest BCUT2D eigenvalue weighted by Gasteiger charge is 2.54. The Kier molecular flexibility index (Phi) is 11.4.